The minimum atomic E-state index is 0.474. The fourth-order valence-electron chi connectivity index (χ4n) is 2.49. The summed E-state index contributed by atoms with van der Waals surface area (Å²) in [4.78, 5) is 8.94. The first-order valence-corrected chi connectivity index (χ1v) is 6.53. The van der Waals surface area contributed by atoms with E-state index in [9.17, 15) is 0 Å². The van der Waals surface area contributed by atoms with E-state index in [0.717, 1.165) is 36.2 Å². The highest BCUT2D eigenvalue weighted by Crippen LogP contribution is 2.15. The van der Waals surface area contributed by atoms with Crippen molar-refractivity contribution in [2.75, 3.05) is 11.9 Å². The van der Waals surface area contributed by atoms with Gasteiger partial charge in [-0.3, -0.25) is 0 Å². The number of nitrogens with one attached hydrogen (secondary N) is 2. The van der Waals surface area contributed by atoms with Crippen molar-refractivity contribution < 1.29 is 0 Å². The standard InChI is InChI=1S/C14H18N4/c1-10-8-12(6-7-15-10)17-14-16-9-11-4-2-3-5-13(11)18-14/h2-5,9-10,12,15H,6-8H2,1H3,(H,16,17,18). The van der Waals surface area contributed by atoms with Crippen LogP contribution in [0.4, 0.5) is 5.95 Å². The zero-order valence-corrected chi connectivity index (χ0v) is 10.6. The van der Waals surface area contributed by atoms with Crippen molar-refractivity contribution in [3.63, 3.8) is 0 Å². The molecule has 0 spiro atoms. The molecule has 1 aromatic carbocycles. The van der Waals surface area contributed by atoms with Crippen LogP contribution in [0.3, 0.4) is 0 Å². The molecule has 94 valence electrons. The van der Waals surface area contributed by atoms with Crippen LogP contribution in [0.5, 0.6) is 0 Å². The molecule has 2 aromatic rings. The molecule has 4 heteroatoms. The van der Waals surface area contributed by atoms with Crippen LogP contribution in [0, 0.1) is 0 Å². The van der Waals surface area contributed by atoms with Crippen LogP contribution < -0.4 is 10.6 Å². The quantitative estimate of drug-likeness (QED) is 0.847. The summed E-state index contributed by atoms with van der Waals surface area (Å²) in [5, 5.41) is 7.97. The summed E-state index contributed by atoms with van der Waals surface area (Å²) in [7, 11) is 0. The molecule has 1 saturated heterocycles. The van der Waals surface area contributed by atoms with E-state index in [-0.39, 0.29) is 0 Å². The highest BCUT2D eigenvalue weighted by molar-refractivity contribution is 5.78. The molecule has 1 fully saturated rings. The van der Waals surface area contributed by atoms with Gasteiger partial charge < -0.3 is 10.6 Å². The first-order valence-electron chi connectivity index (χ1n) is 6.53. The number of hydrogen-bond acceptors (Lipinski definition) is 4. The lowest BCUT2D eigenvalue weighted by molar-refractivity contribution is 0.395. The van der Waals surface area contributed by atoms with Crippen LogP contribution in [0.25, 0.3) is 10.9 Å². The second-order valence-corrected chi connectivity index (χ2v) is 4.97. The SMILES string of the molecule is CC1CC(Nc2ncc3ccccc3n2)CCN1. The normalized spacial score (nSPS) is 24.1. The van der Waals surface area contributed by atoms with E-state index in [1.54, 1.807) is 0 Å². The van der Waals surface area contributed by atoms with Gasteiger partial charge in [-0.15, -0.1) is 0 Å². The number of fused-ring (bicyclic) bond motifs is 1. The molecule has 0 bridgehead atoms. The zero-order valence-electron chi connectivity index (χ0n) is 10.6. The molecule has 1 aliphatic heterocycles. The van der Waals surface area contributed by atoms with Gasteiger partial charge in [0.2, 0.25) is 5.95 Å². The summed E-state index contributed by atoms with van der Waals surface area (Å²) in [5.41, 5.74) is 0.997. The molecule has 1 aromatic heterocycles. The Kier molecular flexibility index (Phi) is 3.11. The van der Waals surface area contributed by atoms with Crippen molar-refractivity contribution in [2.45, 2.75) is 31.8 Å². The average molecular weight is 242 g/mol. The minimum Gasteiger partial charge on any atom is -0.351 e. The number of nitrogens with zero attached hydrogens (tertiary/aromatic N) is 2. The molecular weight excluding hydrogens is 224 g/mol. The molecule has 0 saturated carbocycles. The van der Waals surface area contributed by atoms with E-state index in [4.69, 9.17) is 0 Å². The first-order chi connectivity index (χ1) is 8.81. The third-order valence-electron chi connectivity index (χ3n) is 3.45. The molecule has 1 aliphatic rings. The van der Waals surface area contributed by atoms with E-state index < -0.39 is 0 Å². The van der Waals surface area contributed by atoms with Gasteiger partial charge in [0, 0.05) is 23.7 Å². The van der Waals surface area contributed by atoms with Crippen LogP contribution in [0.2, 0.25) is 0 Å². The van der Waals surface area contributed by atoms with E-state index in [1.165, 1.54) is 0 Å². The molecule has 0 aliphatic carbocycles. The predicted octanol–water partition coefficient (Wildman–Crippen LogP) is 2.18. The molecule has 3 rings (SSSR count). The number of aromatic nitrogens is 2. The third kappa shape index (κ3) is 2.43. The number of hydrogen-bond donors (Lipinski definition) is 2. The van der Waals surface area contributed by atoms with Crippen molar-refractivity contribution in [3.05, 3.63) is 30.5 Å². The van der Waals surface area contributed by atoms with Gasteiger partial charge in [-0.25, -0.2) is 9.97 Å². The van der Waals surface area contributed by atoms with Crippen molar-refractivity contribution in [1.82, 2.24) is 15.3 Å². The lowest BCUT2D eigenvalue weighted by atomic mass is 10.0. The summed E-state index contributed by atoms with van der Waals surface area (Å²) < 4.78 is 0. The average Bonchev–Trinajstić information content (AvgIpc) is 2.39. The van der Waals surface area contributed by atoms with Gasteiger partial charge in [-0.2, -0.15) is 0 Å². The lowest BCUT2D eigenvalue weighted by Gasteiger charge is -2.28. The molecule has 0 radical (unpaired) electrons. The monoisotopic (exact) mass is 242 g/mol. The Morgan fingerprint density at radius 2 is 2.22 bits per heavy atom. The molecule has 4 nitrogen and oxygen atoms in total. The maximum absolute atomic E-state index is 4.55. The Bertz CT molecular complexity index is 540. The second-order valence-electron chi connectivity index (χ2n) is 4.97. The minimum absolute atomic E-state index is 0.474. The zero-order chi connectivity index (χ0) is 12.4. The van der Waals surface area contributed by atoms with E-state index in [0.29, 0.717) is 12.1 Å². The Labute approximate surface area is 107 Å². The molecule has 2 atom stereocenters. The third-order valence-corrected chi connectivity index (χ3v) is 3.45. The van der Waals surface area contributed by atoms with Gasteiger partial charge in [0.05, 0.1) is 5.52 Å². The topological polar surface area (TPSA) is 49.8 Å². The van der Waals surface area contributed by atoms with Gasteiger partial charge in [0.15, 0.2) is 0 Å². The summed E-state index contributed by atoms with van der Waals surface area (Å²) >= 11 is 0. The van der Waals surface area contributed by atoms with Crippen molar-refractivity contribution in [1.29, 1.82) is 0 Å². The smallest absolute Gasteiger partial charge is 0.223 e. The van der Waals surface area contributed by atoms with Crippen LogP contribution in [-0.4, -0.2) is 28.6 Å². The van der Waals surface area contributed by atoms with Gasteiger partial charge in [0.25, 0.3) is 0 Å². The molecular formula is C14H18N4. The fraction of sp³-hybridized carbons (Fsp3) is 0.429. The first kappa shape index (κ1) is 11.4. The van der Waals surface area contributed by atoms with Gasteiger partial charge in [0.1, 0.15) is 0 Å². The van der Waals surface area contributed by atoms with Gasteiger partial charge >= 0.3 is 0 Å². The number of piperidine rings is 1. The number of rotatable bonds is 2. The molecule has 2 heterocycles. The van der Waals surface area contributed by atoms with Crippen LogP contribution in [-0.2, 0) is 0 Å². The Hall–Kier alpha value is -1.68. The van der Waals surface area contributed by atoms with Gasteiger partial charge in [-0.05, 0) is 32.4 Å². The Balaban J connectivity index is 1.78. The van der Waals surface area contributed by atoms with Crippen LogP contribution >= 0.6 is 0 Å². The largest absolute Gasteiger partial charge is 0.351 e. The van der Waals surface area contributed by atoms with Crippen molar-refractivity contribution in [3.8, 4) is 0 Å². The summed E-state index contributed by atoms with van der Waals surface area (Å²) in [5.74, 6) is 0.743. The number of para-hydroxylation sites is 1. The van der Waals surface area contributed by atoms with E-state index in [1.807, 2.05) is 30.5 Å². The van der Waals surface area contributed by atoms with E-state index >= 15 is 0 Å². The van der Waals surface area contributed by atoms with Crippen molar-refractivity contribution in [2.24, 2.45) is 0 Å². The highest BCUT2D eigenvalue weighted by atomic mass is 15.1. The lowest BCUT2D eigenvalue weighted by Crippen LogP contribution is -2.41. The van der Waals surface area contributed by atoms with Crippen molar-refractivity contribution >= 4 is 16.9 Å². The van der Waals surface area contributed by atoms with E-state index in [2.05, 4.69) is 27.5 Å². The van der Waals surface area contributed by atoms with Crippen LogP contribution in [0.1, 0.15) is 19.8 Å². The predicted molar refractivity (Wildman–Crippen MR) is 73.6 cm³/mol. The second kappa shape index (κ2) is 4.90. The maximum atomic E-state index is 4.55. The summed E-state index contributed by atoms with van der Waals surface area (Å²) in [6.07, 6.45) is 4.13. The molecule has 18 heavy (non-hydrogen) atoms. The maximum Gasteiger partial charge on any atom is 0.223 e. The molecule has 2 unspecified atom stereocenters. The molecule has 2 N–H and O–H groups in total. The fourth-order valence-corrected chi connectivity index (χ4v) is 2.49. The molecule has 0 amide bonds. The summed E-state index contributed by atoms with van der Waals surface area (Å²) in [6.45, 7) is 3.28. The highest BCUT2D eigenvalue weighted by Gasteiger charge is 2.18. The van der Waals surface area contributed by atoms with Gasteiger partial charge in [-0.1, -0.05) is 18.2 Å². The Morgan fingerprint density at radius 3 is 3.11 bits per heavy atom. The van der Waals surface area contributed by atoms with Crippen LogP contribution in [0.15, 0.2) is 30.5 Å². The Morgan fingerprint density at radius 1 is 1.33 bits per heavy atom. The number of anilines is 1. The number of benzene rings is 1. The summed E-state index contributed by atoms with van der Waals surface area (Å²) in [6, 6.07) is 9.11.